The van der Waals surface area contributed by atoms with E-state index in [0.29, 0.717) is 11.3 Å². The van der Waals surface area contributed by atoms with Gasteiger partial charge in [-0.05, 0) is 23.8 Å². The van der Waals surface area contributed by atoms with Crippen molar-refractivity contribution in [1.29, 1.82) is 0 Å². The van der Waals surface area contributed by atoms with E-state index in [1.807, 2.05) is 0 Å². The number of nitrogens with zero attached hydrogens (tertiary/aromatic N) is 1. The van der Waals surface area contributed by atoms with Gasteiger partial charge in [-0.2, -0.15) is 5.10 Å². The fourth-order valence-electron chi connectivity index (χ4n) is 1.77. The number of carbonyl (C=O) groups is 3. The first-order chi connectivity index (χ1) is 11.6. The van der Waals surface area contributed by atoms with Gasteiger partial charge in [0.1, 0.15) is 0 Å². The molecule has 0 radical (unpaired) electrons. The van der Waals surface area contributed by atoms with Crippen LogP contribution in [0, 0.1) is 0 Å². The maximum Gasteiger partial charge on any atom is 0.337 e. The van der Waals surface area contributed by atoms with Crippen LogP contribution in [0.15, 0.2) is 42.7 Å². The van der Waals surface area contributed by atoms with Crippen molar-refractivity contribution in [2.45, 2.75) is 0 Å². The Labute approximate surface area is 137 Å². The molecule has 2 aromatic rings. The van der Waals surface area contributed by atoms with Gasteiger partial charge in [0, 0.05) is 12.3 Å². The number of rotatable bonds is 6. The minimum atomic E-state index is -0.424. The Hall–Kier alpha value is -3.42. The molecule has 0 atom stereocenters. The molecule has 124 valence electrons. The molecule has 8 nitrogen and oxygen atoms in total. The number of esters is 1. The van der Waals surface area contributed by atoms with Gasteiger partial charge in [-0.3, -0.25) is 14.7 Å². The molecule has 1 aromatic heterocycles. The number of aromatic amines is 1. The number of nitrogens with one attached hydrogen (secondary N) is 3. The predicted molar refractivity (Wildman–Crippen MR) is 87.0 cm³/mol. The Balaban J connectivity index is 1.80. The number of benzene rings is 1. The van der Waals surface area contributed by atoms with Crippen molar-refractivity contribution < 1.29 is 19.1 Å². The quantitative estimate of drug-likeness (QED) is 0.540. The summed E-state index contributed by atoms with van der Waals surface area (Å²) in [7, 11) is 1.31. The van der Waals surface area contributed by atoms with E-state index >= 15 is 0 Å². The third kappa shape index (κ3) is 5.09. The highest BCUT2D eigenvalue weighted by Gasteiger charge is 2.05. The number of anilines is 1. The summed E-state index contributed by atoms with van der Waals surface area (Å²) in [5.74, 6) is -1.19. The van der Waals surface area contributed by atoms with Crippen molar-refractivity contribution in [3.05, 3.63) is 53.9 Å². The minimum Gasteiger partial charge on any atom is -0.465 e. The standard InChI is InChI=1S/C16H16N4O4/c1-24-16(23)12-5-2-11(3-6-12)4-7-14(21)17-10-15(22)20-13-8-18-19-9-13/h2-9H,10H2,1H3,(H,17,21)(H,18,19)(H,20,22)/b7-4-. The molecule has 8 heteroatoms. The van der Waals surface area contributed by atoms with E-state index in [4.69, 9.17) is 0 Å². The normalized spacial score (nSPS) is 10.4. The third-order valence-corrected chi connectivity index (χ3v) is 2.96. The van der Waals surface area contributed by atoms with Crippen molar-refractivity contribution >= 4 is 29.5 Å². The van der Waals surface area contributed by atoms with Crippen molar-refractivity contribution in [2.24, 2.45) is 0 Å². The van der Waals surface area contributed by atoms with Crippen molar-refractivity contribution in [1.82, 2.24) is 15.5 Å². The smallest absolute Gasteiger partial charge is 0.337 e. The number of aromatic nitrogens is 2. The summed E-state index contributed by atoms with van der Waals surface area (Å²) in [5, 5.41) is 11.3. The first kappa shape index (κ1) is 16.9. The zero-order valence-corrected chi connectivity index (χ0v) is 12.9. The third-order valence-electron chi connectivity index (χ3n) is 2.96. The van der Waals surface area contributed by atoms with Gasteiger partial charge < -0.3 is 15.4 Å². The monoisotopic (exact) mass is 328 g/mol. The van der Waals surface area contributed by atoms with Gasteiger partial charge in [-0.25, -0.2) is 4.79 Å². The number of H-pyrrole nitrogens is 1. The van der Waals surface area contributed by atoms with E-state index in [1.54, 1.807) is 30.3 Å². The summed E-state index contributed by atoms with van der Waals surface area (Å²) in [6.07, 6.45) is 5.86. The number of ether oxygens (including phenoxy) is 1. The zero-order chi connectivity index (χ0) is 17.4. The number of hydrogen-bond donors (Lipinski definition) is 3. The second-order valence-electron chi connectivity index (χ2n) is 4.70. The summed E-state index contributed by atoms with van der Waals surface area (Å²) in [6.45, 7) is -0.157. The summed E-state index contributed by atoms with van der Waals surface area (Å²) in [5.41, 5.74) is 1.69. The summed E-state index contributed by atoms with van der Waals surface area (Å²) >= 11 is 0. The fraction of sp³-hybridized carbons (Fsp3) is 0.125. The van der Waals surface area contributed by atoms with Gasteiger partial charge >= 0.3 is 5.97 Å². The zero-order valence-electron chi connectivity index (χ0n) is 12.9. The summed E-state index contributed by atoms with van der Waals surface area (Å²) in [4.78, 5) is 34.6. The highest BCUT2D eigenvalue weighted by molar-refractivity contribution is 5.98. The van der Waals surface area contributed by atoms with E-state index < -0.39 is 11.9 Å². The Morgan fingerprint density at radius 1 is 1.25 bits per heavy atom. The van der Waals surface area contributed by atoms with Crippen LogP contribution in [0.1, 0.15) is 15.9 Å². The second kappa shape index (κ2) is 8.28. The predicted octanol–water partition coefficient (Wildman–Crippen LogP) is 0.964. The van der Waals surface area contributed by atoms with Gasteiger partial charge in [0.15, 0.2) is 0 Å². The van der Waals surface area contributed by atoms with Crippen LogP contribution in [0.4, 0.5) is 5.69 Å². The lowest BCUT2D eigenvalue weighted by Crippen LogP contribution is -2.31. The lowest BCUT2D eigenvalue weighted by molar-refractivity contribution is -0.121. The molecule has 3 N–H and O–H groups in total. The van der Waals surface area contributed by atoms with Gasteiger partial charge in [0.2, 0.25) is 11.8 Å². The van der Waals surface area contributed by atoms with Crippen molar-refractivity contribution in [3.8, 4) is 0 Å². The van der Waals surface area contributed by atoms with Gasteiger partial charge in [-0.15, -0.1) is 0 Å². The molecule has 2 amide bonds. The van der Waals surface area contributed by atoms with Crippen LogP contribution in [-0.4, -0.2) is 41.6 Å². The molecule has 0 saturated carbocycles. The molecular weight excluding hydrogens is 312 g/mol. The van der Waals surface area contributed by atoms with E-state index in [9.17, 15) is 14.4 Å². The van der Waals surface area contributed by atoms with Crippen LogP contribution in [0.25, 0.3) is 6.08 Å². The summed E-state index contributed by atoms with van der Waals surface area (Å²) < 4.78 is 4.60. The average Bonchev–Trinajstić information content (AvgIpc) is 3.10. The van der Waals surface area contributed by atoms with E-state index in [2.05, 4.69) is 25.6 Å². The molecule has 0 saturated heterocycles. The molecule has 0 unspecified atom stereocenters. The number of amides is 2. The highest BCUT2D eigenvalue weighted by Crippen LogP contribution is 2.07. The topological polar surface area (TPSA) is 113 Å². The molecule has 0 aliphatic rings. The number of carbonyl (C=O) groups excluding carboxylic acids is 3. The van der Waals surface area contributed by atoms with E-state index in [1.165, 1.54) is 25.6 Å². The van der Waals surface area contributed by atoms with Crippen LogP contribution >= 0.6 is 0 Å². The van der Waals surface area contributed by atoms with Crippen LogP contribution in [0.3, 0.4) is 0 Å². The molecule has 0 aliphatic carbocycles. The molecule has 1 aromatic carbocycles. The second-order valence-corrected chi connectivity index (χ2v) is 4.70. The molecule has 24 heavy (non-hydrogen) atoms. The van der Waals surface area contributed by atoms with Gasteiger partial charge in [0.25, 0.3) is 0 Å². The van der Waals surface area contributed by atoms with Crippen LogP contribution in [0.2, 0.25) is 0 Å². The van der Waals surface area contributed by atoms with E-state index in [0.717, 1.165) is 5.56 Å². The van der Waals surface area contributed by atoms with Crippen molar-refractivity contribution in [2.75, 3.05) is 19.0 Å². The molecule has 2 rings (SSSR count). The van der Waals surface area contributed by atoms with Gasteiger partial charge in [0.05, 0.1) is 31.1 Å². The lowest BCUT2D eigenvalue weighted by Gasteiger charge is -2.03. The Morgan fingerprint density at radius 3 is 2.62 bits per heavy atom. The maximum absolute atomic E-state index is 11.7. The van der Waals surface area contributed by atoms with E-state index in [-0.39, 0.29) is 12.5 Å². The minimum absolute atomic E-state index is 0.157. The lowest BCUT2D eigenvalue weighted by atomic mass is 10.1. The molecule has 0 spiro atoms. The largest absolute Gasteiger partial charge is 0.465 e. The van der Waals surface area contributed by atoms with Crippen LogP contribution in [-0.2, 0) is 14.3 Å². The fourth-order valence-corrected chi connectivity index (χ4v) is 1.77. The number of hydrogen-bond acceptors (Lipinski definition) is 5. The molecule has 0 aliphatic heterocycles. The molecule has 1 heterocycles. The van der Waals surface area contributed by atoms with Gasteiger partial charge in [-0.1, -0.05) is 12.1 Å². The molecular formula is C16H16N4O4. The first-order valence-electron chi connectivity index (χ1n) is 7.01. The maximum atomic E-state index is 11.7. The summed E-state index contributed by atoms with van der Waals surface area (Å²) in [6, 6.07) is 6.56. The average molecular weight is 328 g/mol. The Kier molecular flexibility index (Phi) is 5.84. The van der Waals surface area contributed by atoms with Crippen molar-refractivity contribution in [3.63, 3.8) is 0 Å². The van der Waals surface area contributed by atoms with Crippen LogP contribution in [0.5, 0.6) is 0 Å². The Morgan fingerprint density at radius 2 is 2.00 bits per heavy atom. The molecule has 0 bridgehead atoms. The first-order valence-corrected chi connectivity index (χ1v) is 7.01. The molecule has 0 fully saturated rings. The van der Waals surface area contributed by atoms with Crippen LogP contribution < -0.4 is 10.6 Å². The SMILES string of the molecule is COC(=O)c1ccc(/C=C\C(=O)NCC(=O)Nc2cn[nH]c2)cc1. The number of methoxy groups -OCH3 is 1. The highest BCUT2D eigenvalue weighted by atomic mass is 16.5. The Bertz CT molecular complexity index is 736.